The number of hydrogen-bond donors (Lipinski definition) is 2. The van der Waals surface area contributed by atoms with Gasteiger partial charge in [-0.15, -0.1) is 0 Å². The monoisotopic (exact) mass is 143 g/mol. The maximum Gasteiger partial charge on any atom is 0.317 e. The molecule has 0 aromatic heterocycles. The van der Waals surface area contributed by atoms with Gasteiger partial charge in [0.2, 0.25) is 0 Å². The largest absolute Gasteiger partial charge is 0.341 e. The highest BCUT2D eigenvalue weighted by Crippen LogP contribution is 1.90. The fourth-order valence-corrected chi connectivity index (χ4v) is 1.03. The Balaban J connectivity index is 2.31. The number of amides is 2. The number of hydrogen-bond acceptors (Lipinski definition) is 2. The Bertz CT molecular complexity index is 120. The molecule has 10 heavy (non-hydrogen) atoms. The Morgan fingerprint density at radius 2 is 2.10 bits per heavy atom. The first kappa shape index (κ1) is 7.34. The summed E-state index contributed by atoms with van der Waals surface area (Å²) in [5.74, 6) is 0. The summed E-state index contributed by atoms with van der Waals surface area (Å²) >= 11 is 0. The van der Waals surface area contributed by atoms with E-state index in [0.717, 1.165) is 26.2 Å². The van der Waals surface area contributed by atoms with E-state index in [1.807, 2.05) is 0 Å². The molecule has 0 spiro atoms. The summed E-state index contributed by atoms with van der Waals surface area (Å²) in [6, 6.07) is 0.0292. The van der Waals surface area contributed by atoms with Crippen LogP contribution in [0.4, 0.5) is 4.79 Å². The number of nitrogens with one attached hydrogen (secondary N) is 2. The number of carbonyl (C=O) groups excluding carboxylic acids is 1. The standard InChI is InChI=1S/C6H13N3O/c1-7-6(10)9-4-2-8-3-5-9/h8H,2-5H2,1H3,(H,7,10). The molecule has 2 N–H and O–H groups in total. The van der Waals surface area contributed by atoms with Crippen LogP contribution in [-0.2, 0) is 0 Å². The van der Waals surface area contributed by atoms with Crippen LogP contribution < -0.4 is 10.6 Å². The first-order valence-electron chi connectivity index (χ1n) is 3.52. The van der Waals surface area contributed by atoms with Crippen molar-refractivity contribution in [1.29, 1.82) is 0 Å². The second-order valence-corrected chi connectivity index (χ2v) is 2.29. The summed E-state index contributed by atoms with van der Waals surface area (Å²) in [4.78, 5) is 12.8. The lowest BCUT2D eigenvalue weighted by molar-refractivity contribution is 0.192. The molecular weight excluding hydrogens is 130 g/mol. The Kier molecular flexibility index (Phi) is 2.50. The number of rotatable bonds is 0. The lowest BCUT2D eigenvalue weighted by Gasteiger charge is -2.26. The van der Waals surface area contributed by atoms with Gasteiger partial charge in [-0.2, -0.15) is 0 Å². The molecule has 4 nitrogen and oxygen atoms in total. The fourth-order valence-electron chi connectivity index (χ4n) is 1.03. The lowest BCUT2D eigenvalue weighted by atomic mass is 10.4. The van der Waals surface area contributed by atoms with Gasteiger partial charge in [-0.25, -0.2) is 4.79 Å². The van der Waals surface area contributed by atoms with Crippen LogP contribution in [0.1, 0.15) is 0 Å². The molecule has 1 saturated heterocycles. The maximum absolute atomic E-state index is 11.0. The van der Waals surface area contributed by atoms with Crippen molar-refractivity contribution in [2.75, 3.05) is 33.2 Å². The quantitative estimate of drug-likeness (QED) is 0.468. The molecule has 0 aromatic carbocycles. The highest BCUT2D eigenvalue weighted by molar-refractivity contribution is 5.73. The number of urea groups is 1. The molecule has 1 aliphatic rings. The fraction of sp³-hybridized carbons (Fsp3) is 0.833. The van der Waals surface area contributed by atoms with Crippen LogP contribution >= 0.6 is 0 Å². The van der Waals surface area contributed by atoms with Crippen LogP contribution in [0.25, 0.3) is 0 Å². The van der Waals surface area contributed by atoms with Crippen LogP contribution in [0, 0.1) is 0 Å². The lowest BCUT2D eigenvalue weighted by Crippen LogP contribution is -2.49. The van der Waals surface area contributed by atoms with Crippen molar-refractivity contribution in [2.24, 2.45) is 0 Å². The van der Waals surface area contributed by atoms with Crippen molar-refractivity contribution >= 4 is 6.03 Å². The third-order valence-electron chi connectivity index (χ3n) is 1.62. The van der Waals surface area contributed by atoms with Gasteiger partial charge in [-0.1, -0.05) is 0 Å². The summed E-state index contributed by atoms with van der Waals surface area (Å²) in [5.41, 5.74) is 0. The summed E-state index contributed by atoms with van der Waals surface area (Å²) in [6.45, 7) is 3.46. The van der Waals surface area contributed by atoms with Crippen molar-refractivity contribution in [3.63, 3.8) is 0 Å². The molecule has 0 radical (unpaired) electrons. The Morgan fingerprint density at radius 3 is 2.60 bits per heavy atom. The van der Waals surface area contributed by atoms with Crippen LogP contribution in [0.3, 0.4) is 0 Å². The van der Waals surface area contributed by atoms with Crippen LogP contribution in [0.5, 0.6) is 0 Å². The topological polar surface area (TPSA) is 44.4 Å². The number of carbonyl (C=O) groups is 1. The smallest absolute Gasteiger partial charge is 0.317 e. The highest BCUT2D eigenvalue weighted by Gasteiger charge is 2.13. The van der Waals surface area contributed by atoms with E-state index >= 15 is 0 Å². The van der Waals surface area contributed by atoms with Gasteiger partial charge < -0.3 is 15.5 Å². The van der Waals surface area contributed by atoms with Crippen LogP contribution in [0.2, 0.25) is 0 Å². The zero-order chi connectivity index (χ0) is 7.40. The molecule has 0 bridgehead atoms. The van der Waals surface area contributed by atoms with Crippen molar-refractivity contribution < 1.29 is 4.79 Å². The minimum atomic E-state index is 0.0292. The molecule has 0 atom stereocenters. The third-order valence-corrected chi connectivity index (χ3v) is 1.62. The second kappa shape index (κ2) is 3.41. The van der Waals surface area contributed by atoms with Crippen molar-refractivity contribution in [2.45, 2.75) is 0 Å². The summed E-state index contributed by atoms with van der Waals surface area (Å²) < 4.78 is 0. The maximum atomic E-state index is 11.0. The summed E-state index contributed by atoms with van der Waals surface area (Å²) in [6.07, 6.45) is 0. The van der Waals surface area contributed by atoms with Gasteiger partial charge in [-0.3, -0.25) is 0 Å². The minimum Gasteiger partial charge on any atom is -0.341 e. The van der Waals surface area contributed by atoms with E-state index in [4.69, 9.17) is 0 Å². The van der Waals surface area contributed by atoms with E-state index in [2.05, 4.69) is 10.6 Å². The predicted octanol–water partition coefficient (Wildman–Crippen LogP) is -0.769. The SMILES string of the molecule is CNC(=O)N1CCNCC1. The average molecular weight is 143 g/mol. The first-order valence-corrected chi connectivity index (χ1v) is 3.52. The van der Waals surface area contributed by atoms with Crippen LogP contribution in [0.15, 0.2) is 0 Å². The highest BCUT2D eigenvalue weighted by atomic mass is 16.2. The van der Waals surface area contributed by atoms with Gasteiger partial charge >= 0.3 is 6.03 Å². The molecule has 0 saturated carbocycles. The number of nitrogens with zero attached hydrogens (tertiary/aromatic N) is 1. The van der Waals surface area contributed by atoms with Gasteiger partial charge in [-0.05, 0) is 0 Å². The summed E-state index contributed by atoms with van der Waals surface area (Å²) in [7, 11) is 1.66. The van der Waals surface area contributed by atoms with E-state index < -0.39 is 0 Å². The summed E-state index contributed by atoms with van der Waals surface area (Å²) in [5, 5.41) is 5.77. The third kappa shape index (κ3) is 1.60. The molecule has 0 aliphatic carbocycles. The van der Waals surface area contributed by atoms with E-state index in [1.54, 1.807) is 11.9 Å². The minimum absolute atomic E-state index is 0.0292. The molecule has 1 aliphatic heterocycles. The second-order valence-electron chi connectivity index (χ2n) is 2.29. The number of piperazine rings is 1. The Hall–Kier alpha value is -0.770. The Labute approximate surface area is 60.6 Å². The molecule has 1 fully saturated rings. The molecule has 4 heteroatoms. The average Bonchev–Trinajstić information content (AvgIpc) is 2.05. The van der Waals surface area contributed by atoms with E-state index in [9.17, 15) is 4.79 Å². The predicted molar refractivity (Wildman–Crippen MR) is 38.9 cm³/mol. The molecule has 2 amide bonds. The normalized spacial score (nSPS) is 18.7. The molecule has 0 unspecified atom stereocenters. The van der Waals surface area contributed by atoms with E-state index in [0.29, 0.717) is 0 Å². The van der Waals surface area contributed by atoms with Gasteiger partial charge in [0.05, 0.1) is 0 Å². The van der Waals surface area contributed by atoms with Crippen molar-refractivity contribution in [3.05, 3.63) is 0 Å². The van der Waals surface area contributed by atoms with Gasteiger partial charge in [0.15, 0.2) is 0 Å². The Morgan fingerprint density at radius 1 is 1.50 bits per heavy atom. The van der Waals surface area contributed by atoms with Gasteiger partial charge in [0, 0.05) is 33.2 Å². The molecule has 1 rings (SSSR count). The van der Waals surface area contributed by atoms with E-state index in [-0.39, 0.29) is 6.03 Å². The zero-order valence-electron chi connectivity index (χ0n) is 6.18. The van der Waals surface area contributed by atoms with Crippen molar-refractivity contribution in [1.82, 2.24) is 15.5 Å². The van der Waals surface area contributed by atoms with E-state index in [1.165, 1.54) is 0 Å². The van der Waals surface area contributed by atoms with Gasteiger partial charge in [0.1, 0.15) is 0 Å². The molecule has 58 valence electrons. The zero-order valence-corrected chi connectivity index (χ0v) is 6.18. The van der Waals surface area contributed by atoms with Crippen molar-refractivity contribution in [3.8, 4) is 0 Å². The first-order chi connectivity index (χ1) is 4.84. The molecular formula is C6H13N3O. The molecule has 1 heterocycles. The van der Waals surface area contributed by atoms with Gasteiger partial charge in [0.25, 0.3) is 0 Å². The van der Waals surface area contributed by atoms with Crippen LogP contribution in [-0.4, -0.2) is 44.2 Å². The molecule has 0 aromatic rings.